The number of aromatic nitrogens is 2. The Morgan fingerprint density at radius 1 is 1.44 bits per heavy atom. The molecule has 1 aromatic heterocycles. The molecule has 84 valence electrons. The second-order valence-electron chi connectivity index (χ2n) is 4.78. The third-order valence-electron chi connectivity index (χ3n) is 3.65. The Labute approximate surface area is 95.2 Å². The molecule has 0 bridgehead atoms. The van der Waals surface area contributed by atoms with Gasteiger partial charge in [-0.15, -0.1) is 0 Å². The zero-order valence-corrected chi connectivity index (χ0v) is 9.83. The van der Waals surface area contributed by atoms with Crippen molar-refractivity contribution in [3.8, 4) is 0 Å². The second-order valence-corrected chi connectivity index (χ2v) is 4.78. The second kappa shape index (κ2) is 3.08. The number of fused-ring (bicyclic) bond motifs is 1. The van der Waals surface area contributed by atoms with Crippen molar-refractivity contribution in [1.82, 2.24) is 9.78 Å². The van der Waals surface area contributed by atoms with Gasteiger partial charge in [0.2, 0.25) is 0 Å². The van der Waals surface area contributed by atoms with Gasteiger partial charge in [-0.2, -0.15) is 5.10 Å². The van der Waals surface area contributed by atoms with E-state index in [1.165, 1.54) is 16.6 Å². The van der Waals surface area contributed by atoms with E-state index in [1.54, 1.807) is 0 Å². The summed E-state index contributed by atoms with van der Waals surface area (Å²) in [6.45, 7) is 2.17. The van der Waals surface area contributed by atoms with E-state index in [9.17, 15) is 0 Å². The molecule has 0 amide bonds. The smallest absolute Gasteiger partial charge is 0.0976 e. The first-order valence-electron chi connectivity index (χ1n) is 5.89. The van der Waals surface area contributed by atoms with Crippen LogP contribution in [0.3, 0.4) is 0 Å². The van der Waals surface area contributed by atoms with Gasteiger partial charge in [0.25, 0.3) is 0 Å². The SMILES string of the molecule is CCc1c2cccc(C3(N)CC3)c2nn1C. The fourth-order valence-electron chi connectivity index (χ4n) is 2.49. The van der Waals surface area contributed by atoms with Gasteiger partial charge in [0.05, 0.1) is 5.52 Å². The number of hydrogen-bond acceptors (Lipinski definition) is 2. The number of nitrogens with zero attached hydrogens (tertiary/aromatic N) is 2. The maximum absolute atomic E-state index is 6.29. The van der Waals surface area contributed by atoms with Gasteiger partial charge in [0.15, 0.2) is 0 Å². The fourth-order valence-corrected chi connectivity index (χ4v) is 2.49. The van der Waals surface area contributed by atoms with E-state index in [-0.39, 0.29) is 5.54 Å². The van der Waals surface area contributed by atoms with Gasteiger partial charge in [-0.25, -0.2) is 0 Å². The zero-order valence-electron chi connectivity index (χ0n) is 9.83. The van der Waals surface area contributed by atoms with Gasteiger partial charge in [0, 0.05) is 29.2 Å². The summed E-state index contributed by atoms with van der Waals surface area (Å²) in [5.41, 5.74) is 9.80. The van der Waals surface area contributed by atoms with Crippen LogP contribution in [0.5, 0.6) is 0 Å². The van der Waals surface area contributed by atoms with Crippen molar-refractivity contribution in [2.24, 2.45) is 12.8 Å². The highest BCUT2D eigenvalue weighted by atomic mass is 15.3. The molecule has 1 heterocycles. The third-order valence-corrected chi connectivity index (χ3v) is 3.65. The average Bonchev–Trinajstić information content (AvgIpc) is 2.92. The van der Waals surface area contributed by atoms with E-state index < -0.39 is 0 Å². The zero-order chi connectivity index (χ0) is 11.3. The fraction of sp³-hybridized carbons (Fsp3) is 0.462. The van der Waals surface area contributed by atoms with Crippen molar-refractivity contribution in [2.75, 3.05) is 0 Å². The first-order valence-corrected chi connectivity index (χ1v) is 5.89. The van der Waals surface area contributed by atoms with Crippen molar-refractivity contribution < 1.29 is 0 Å². The molecule has 1 saturated carbocycles. The Hall–Kier alpha value is -1.35. The maximum atomic E-state index is 6.29. The first-order chi connectivity index (χ1) is 7.65. The van der Waals surface area contributed by atoms with Crippen LogP contribution in [-0.2, 0) is 19.0 Å². The number of hydrogen-bond donors (Lipinski definition) is 1. The van der Waals surface area contributed by atoms with Crippen LogP contribution < -0.4 is 5.73 Å². The van der Waals surface area contributed by atoms with Crippen LogP contribution in [0.2, 0.25) is 0 Å². The number of benzene rings is 1. The lowest BCUT2D eigenvalue weighted by Crippen LogP contribution is -2.19. The van der Waals surface area contributed by atoms with Crippen LogP contribution in [0.4, 0.5) is 0 Å². The molecule has 1 fully saturated rings. The Bertz CT molecular complexity index is 550. The minimum Gasteiger partial charge on any atom is -0.321 e. The predicted molar refractivity (Wildman–Crippen MR) is 65.2 cm³/mol. The van der Waals surface area contributed by atoms with Gasteiger partial charge >= 0.3 is 0 Å². The minimum atomic E-state index is -0.0983. The van der Waals surface area contributed by atoms with Gasteiger partial charge in [0.1, 0.15) is 0 Å². The molecule has 0 aliphatic heterocycles. The van der Waals surface area contributed by atoms with Crippen LogP contribution in [-0.4, -0.2) is 9.78 Å². The Morgan fingerprint density at radius 2 is 2.19 bits per heavy atom. The van der Waals surface area contributed by atoms with E-state index in [1.807, 2.05) is 11.7 Å². The van der Waals surface area contributed by atoms with Gasteiger partial charge in [-0.05, 0) is 19.3 Å². The van der Waals surface area contributed by atoms with Crippen molar-refractivity contribution in [3.63, 3.8) is 0 Å². The molecule has 0 atom stereocenters. The molecule has 2 aromatic rings. The topological polar surface area (TPSA) is 43.8 Å². The van der Waals surface area contributed by atoms with E-state index in [0.717, 1.165) is 24.8 Å². The summed E-state index contributed by atoms with van der Waals surface area (Å²) in [5, 5.41) is 5.89. The van der Waals surface area contributed by atoms with Crippen LogP contribution in [0.25, 0.3) is 10.9 Å². The van der Waals surface area contributed by atoms with Crippen molar-refractivity contribution in [3.05, 3.63) is 29.5 Å². The standard InChI is InChI=1S/C13H17N3/c1-3-11-9-5-4-6-10(13(14)7-8-13)12(9)15-16(11)2/h4-6H,3,7-8,14H2,1-2H3. The molecule has 1 aliphatic rings. The quantitative estimate of drug-likeness (QED) is 0.833. The summed E-state index contributed by atoms with van der Waals surface area (Å²) in [6.07, 6.45) is 3.18. The molecule has 0 unspecified atom stereocenters. The van der Waals surface area contributed by atoms with Crippen LogP contribution >= 0.6 is 0 Å². The number of aryl methyl sites for hydroxylation is 2. The van der Waals surface area contributed by atoms with Crippen molar-refractivity contribution >= 4 is 10.9 Å². The van der Waals surface area contributed by atoms with Crippen LogP contribution in [0.1, 0.15) is 31.0 Å². The highest BCUT2D eigenvalue weighted by Gasteiger charge is 2.41. The van der Waals surface area contributed by atoms with E-state index >= 15 is 0 Å². The van der Waals surface area contributed by atoms with Crippen molar-refractivity contribution in [1.29, 1.82) is 0 Å². The highest BCUT2D eigenvalue weighted by Crippen LogP contribution is 2.45. The van der Waals surface area contributed by atoms with Crippen molar-refractivity contribution in [2.45, 2.75) is 31.7 Å². The highest BCUT2D eigenvalue weighted by molar-refractivity contribution is 5.85. The Morgan fingerprint density at radius 3 is 2.81 bits per heavy atom. The van der Waals surface area contributed by atoms with Gasteiger partial charge in [-0.3, -0.25) is 4.68 Å². The number of rotatable bonds is 2. The Kier molecular flexibility index (Phi) is 1.89. The van der Waals surface area contributed by atoms with E-state index in [2.05, 4.69) is 30.2 Å². The van der Waals surface area contributed by atoms with Crippen LogP contribution in [0, 0.1) is 0 Å². The Balaban J connectivity index is 2.32. The molecule has 3 heteroatoms. The summed E-state index contributed by atoms with van der Waals surface area (Å²) in [6, 6.07) is 6.38. The molecule has 1 aromatic carbocycles. The summed E-state index contributed by atoms with van der Waals surface area (Å²) < 4.78 is 1.99. The van der Waals surface area contributed by atoms with Gasteiger partial charge in [-0.1, -0.05) is 25.1 Å². The molecular formula is C13H17N3. The lowest BCUT2D eigenvalue weighted by Gasteiger charge is -2.09. The molecule has 3 nitrogen and oxygen atoms in total. The molecule has 1 aliphatic carbocycles. The normalized spacial score (nSPS) is 17.9. The first kappa shape index (κ1) is 9.85. The monoisotopic (exact) mass is 215 g/mol. The van der Waals surface area contributed by atoms with E-state index in [4.69, 9.17) is 5.73 Å². The molecule has 16 heavy (non-hydrogen) atoms. The number of nitrogens with two attached hydrogens (primary N) is 1. The molecule has 3 rings (SSSR count). The molecule has 2 N–H and O–H groups in total. The lowest BCUT2D eigenvalue weighted by atomic mass is 10.0. The maximum Gasteiger partial charge on any atom is 0.0976 e. The molecule has 0 spiro atoms. The largest absolute Gasteiger partial charge is 0.321 e. The summed E-state index contributed by atoms with van der Waals surface area (Å²) in [7, 11) is 2.01. The summed E-state index contributed by atoms with van der Waals surface area (Å²) >= 11 is 0. The third kappa shape index (κ3) is 1.21. The summed E-state index contributed by atoms with van der Waals surface area (Å²) in [5.74, 6) is 0. The van der Waals surface area contributed by atoms with Gasteiger partial charge < -0.3 is 5.73 Å². The average molecular weight is 215 g/mol. The molecule has 0 saturated heterocycles. The summed E-state index contributed by atoms with van der Waals surface area (Å²) in [4.78, 5) is 0. The predicted octanol–water partition coefficient (Wildman–Crippen LogP) is 2.08. The van der Waals surface area contributed by atoms with Crippen LogP contribution in [0.15, 0.2) is 18.2 Å². The molecule has 0 radical (unpaired) electrons. The lowest BCUT2D eigenvalue weighted by molar-refractivity contribution is 0.715. The molecular weight excluding hydrogens is 198 g/mol. The minimum absolute atomic E-state index is 0.0983. The van der Waals surface area contributed by atoms with E-state index in [0.29, 0.717) is 0 Å².